The third kappa shape index (κ3) is 5.36. The van der Waals surface area contributed by atoms with Gasteiger partial charge in [0.05, 0.1) is 29.6 Å². The smallest absolute Gasteiger partial charge is 0.416 e. The van der Waals surface area contributed by atoms with E-state index in [9.17, 15) is 18.0 Å². The van der Waals surface area contributed by atoms with Gasteiger partial charge in [-0.1, -0.05) is 42.1 Å². The van der Waals surface area contributed by atoms with Gasteiger partial charge in [-0.2, -0.15) is 18.4 Å². The quantitative estimate of drug-likeness (QED) is 0.424. The van der Waals surface area contributed by atoms with Gasteiger partial charge in [0.25, 0.3) is 0 Å². The molecule has 2 aliphatic rings. The number of carbonyl (C=O) groups excluding carboxylic acids is 1. The van der Waals surface area contributed by atoms with Gasteiger partial charge in [-0.15, -0.1) is 0 Å². The van der Waals surface area contributed by atoms with Crippen LogP contribution in [-0.4, -0.2) is 30.0 Å². The molecule has 182 valence electrons. The van der Waals surface area contributed by atoms with Gasteiger partial charge in [0, 0.05) is 24.0 Å². The number of hydrogen-bond donors (Lipinski definition) is 1. The Labute approximate surface area is 205 Å². The molecule has 0 amide bonds. The Morgan fingerprint density at radius 3 is 2.54 bits per heavy atom. The fourth-order valence-corrected chi connectivity index (χ4v) is 4.68. The number of alkyl halides is 3. The minimum absolute atomic E-state index is 0.0370. The number of aliphatic imine (C=N–C) groups is 1. The van der Waals surface area contributed by atoms with Crippen molar-refractivity contribution >= 4 is 28.6 Å². The SMILES string of the molecule is CCOC(=O)C1=C(C)N(c2cccc(C(F)(F)F)c2)C(SCC#N)=NC1c1ccc(C2CN2)cc1. The summed E-state index contributed by atoms with van der Waals surface area (Å²) in [7, 11) is 0. The van der Waals surface area contributed by atoms with E-state index in [-0.39, 0.29) is 23.6 Å². The summed E-state index contributed by atoms with van der Waals surface area (Å²) in [4.78, 5) is 19.3. The normalized spacial score (nSPS) is 19.8. The van der Waals surface area contributed by atoms with Crippen LogP contribution in [0.3, 0.4) is 0 Å². The number of amidine groups is 1. The molecule has 35 heavy (non-hydrogen) atoms. The van der Waals surface area contributed by atoms with E-state index in [2.05, 4.69) is 5.32 Å². The predicted octanol–water partition coefficient (Wildman–Crippen LogP) is 5.36. The second-order valence-corrected chi connectivity index (χ2v) is 8.93. The Kier molecular flexibility index (Phi) is 7.19. The molecule has 2 aliphatic heterocycles. The summed E-state index contributed by atoms with van der Waals surface area (Å²) < 4.78 is 45.6. The first-order chi connectivity index (χ1) is 16.7. The van der Waals surface area contributed by atoms with Crippen LogP contribution in [0.4, 0.5) is 18.9 Å². The summed E-state index contributed by atoms with van der Waals surface area (Å²) in [5, 5.41) is 12.7. The number of nitriles is 1. The van der Waals surface area contributed by atoms with E-state index in [0.717, 1.165) is 41.6 Å². The number of allylic oxidation sites excluding steroid dienone is 1. The molecule has 6 nitrogen and oxygen atoms in total. The number of carbonyl (C=O) groups is 1. The lowest BCUT2D eigenvalue weighted by Crippen LogP contribution is -2.35. The first-order valence-electron chi connectivity index (χ1n) is 11.0. The molecule has 4 rings (SSSR count). The number of thioether (sulfide) groups is 1. The van der Waals surface area contributed by atoms with Crippen LogP contribution in [0.25, 0.3) is 0 Å². The molecule has 2 aromatic carbocycles. The lowest BCUT2D eigenvalue weighted by molar-refractivity contribution is -0.139. The minimum Gasteiger partial charge on any atom is -0.463 e. The second-order valence-electron chi connectivity index (χ2n) is 7.99. The molecular weight excluding hydrogens is 477 g/mol. The Balaban J connectivity index is 1.84. The van der Waals surface area contributed by atoms with Crippen LogP contribution in [-0.2, 0) is 15.7 Å². The van der Waals surface area contributed by atoms with Gasteiger partial charge in [0.15, 0.2) is 5.17 Å². The highest BCUT2D eigenvalue weighted by Gasteiger charge is 2.37. The maximum Gasteiger partial charge on any atom is 0.416 e. The number of benzene rings is 2. The molecule has 0 spiro atoms. The molecule has 2 heterocycles. The molecule has 2 unspecified atom stereocenters. The standard InChI is InChI=1S/C25H23F3N4O2S/c1-3-34-23(33)21-15(2)32(19-6-4-5-18(13-19)25(26,27)28)24(35-12-11-29)31-22(21)17-9-7-16(8-10-17)20-14-30-20/h4-10,13,20,22,30H,3,12,14H2,1-2H3. The Hall–Kier alpha value is -3.29. The van der Waals surface area contributed by atoms with Crippen molar-refractivity contribution < 1.29 is 22.7 Å². The van der Waals surface area contributed by atoms with Crippen molar-refractivity contribution in [1.29, 1.82) is 5.26 Å². The van der Waals surface area contributed by atoms with Gasteiger partial charge in [-0.05, 0) is 43.2 Å². The van der Waals surface area contributed by atoms with Crippen LogP contribution < -0.4 is 10.2 Å². The van der Waals surface area contributed by atoms with Crippen molar-refractivity contribution in [3.63, 3.8) is 0 Å². The number of ether oxygens (including phenoxy) is 1. The predicted molar refractivity (Wildman–Crippen MR) is 129 cm³/mol. The van der Waals surface area contributed by atoms with E-state index in [1.165, 1.54) is 17.0 Å². The van der Waals surface area contributed by atoms with Crippen molar-refractivity contribution in [2.24, 2.45) is 4.99 Å². The molecule has 0 aliphatic carbocycles. The number of hydrogen-bond acceptors (Lipinski definition) is 7. The maximum absolute atomic E-state index is 13.4. The van der Waals surface area contributed by atoms with E-state index < -0.39 is 23.8 Å². The molecule has 2 aromatic rings. The van der Waals surface area contributed by atoms with E-state index in [4.69, 9.17) is 15.0 Å². The first kappa shape index (κ1) is 24.8. The van der Waals surface area contributed by atoms with Crippen molar-refractivity contribution in [1.82, 2.24) is 5.32 Å². The van der Waals surface area contributed by atoms with Crippen molar-refractivity contribution in [3.05, 3.63) is 76.5 Å². The van der Waals surface area contributed by atoms with E-state index in [1.807, 2.05) is 30.3 Å². The summed E-state index contributed by atoms with van der Waals surface area (Å²) in [5.74, 6) is -0.553. The number of rotatable bonds is 6. The second kappa shape index (κ2) is 10.1. The van der Waals surface area contributed by atoms with Gasteiger partial charge < -0.3 is 10.1 Å². The fraction of sp³-hybridized carbons (Fsp3) is 0.320. The first-order valence-corrected chi connectivity index (χ1v) is 12.0. The Bertz CT molecular complexity index is 1210. The number of nitrogens with one attached hydrogen (secondary N) is 1. The van der Waals surface area contributed by atoms with Crippen LogP contribution >= 0.6 is 11.8 Å². The van der Waals surface area contributed by atoms with Gasteiger partial charge in [-0.3, -0.25) is 4.90 Å². The lowest BCUT2D eigenvalue weighted by atomic mass is 9.94. The third-order valence-electron chi connectivity index (χ3n) is 5.69. The summed E-state index contributed by atoms with van der Waals surface area (Å²) in [5.41, 5.74) is 1.87. The van der Waals surface area contributed by atoms with Gasteiger partial charge in [0.2, 0.25) is 0 Å². The lowest BCUT2D eigenvalue weighted by Gasteiger charge is -2.34. The molecule has 10 heteroatoms. The van der Waals surface area contributed by atoms with E-state index in [0.29, 0.717) is 16.9 Å². The average Bonchev–Trinajstić information content (AvgIpc) is 3.68. The average molecular weight is 501 g/mol. The monoisotopic (exact) mass is 500 g/mol. The zero-order chi connectivity index (χ0) is 25.2. The third-order valence-corrected chi connectivity index (χ3v) is 6.50. The number of halogens is 3. The molecule has 1 fully saturated rings. The zero-order valence-electron chi connectivity index (χ0n) is 19.1. The molecule has 0 saturated carbocycles. The summed E-state index contributed by atoms with van der Waals surface area (Å²) in [6.45, 7) is 4.39. The van der Waals surface area contributed by atoms with Crippen molar-refractivity contribution in [3.8, 4) is 6.07 Å². The topological polar surface area (TPSA) is 87.6 Å². The summed E-state index contributed by atoms with van der Waals surface area (Å²) in [6.07, 6.45) is -4.54. The molecule has 0 radical (unpaired) electrons. The molecule has 1 saturated heterocycles. The highest BCUT2D eigenvalue weighted by atomic mass is 32.2. The van der Waals surface area contributed by atoms with Crippen LogP contribution in [0, 0.1) is 11.3 Å². The molecule has 1 N–H and O–H groups in total. The zero-order valence-corrected chi connectivity index (χ0v) is 19.9. The Morgan fingerprint density at radius 1 is 1.26 bits per heavy atom. The highest BCUT2D eigenvalue weighted by molar-refractivity contribution is 8.14. The fourth-order valence-electron chi connectivity index (χ4n) is 3.93. The summed E-state index contributed by atoms with van der Waals surface area (Å²) >= 11 is 1.10. The molecule has 2 atom stereocenters. The molecule has 0 aromatic heterocycles. The van der Waals surface area contributed by atoms with Crippen LogP contribution in [0.2, 0.25) is 0 Å². The maximum atomic E-state index is 13.4. The largest absolute Gasteiger partial charge is 0.463 e. The van der Waals surface area contributed by atoms with E-state index >= 15 is 0 Å². The van der Waals surface area contributed by atoms with Crippen molar-refractivity contribution in [2.75, 3.05) is 23.8 Å². The number of nitrogens with zero attached hydrogens (tertiary/aromatic N) is 3. The summed E-state index contributed by atoms with van der Waals surface area (Å²) in [6, 6.07) is 14.2. The van der Waals surface area contributed by atoms with Crippen LogP contribution in [0.5, 0.6) is 0 Å². The number of anilines is 1. The van der Waals surface area contributed by atoms with Gasteiger partial charge >= 0.3 is 12.1 Å². The minimum atomic E-state index is -4.54. The van der Waals surface area contributed by atoms with Gasteiger partial charge in [-0.25, -0.2) is 9.79 Å². The van der Waals surface area contributed by atoms with Gasteiger partial charge in [0.1, 0.15) is 6.04 Å². The Morgan fingerprint density at radius 2 is 1.94 bits per heavy atom. The number of esters is 1. The molecule has 0 bridgehead atoms. The molecular formula is C25H23F3N4O2S. The van der Waals surface area contributed by atoms with Crippen LogP contribution in [0.1, 0.15) is 42.6 Å². The van der Waals surface area contributed by atoms with E-state index in [1.54, 1.807) is 13.8 Å². The van der Waals surface area contributed by atoms with Crippen molar-refractivity contribution in [2.45, 2.75) is 32.1 Å². The van der Waals surface area contributed by atoms with Crippen LogP contribution in [0.15, 0.2) is 64.8 Å². The highest BCUT2D eigenvalue weighted by Crippen LogP contribution is 2.41.